The van der Waals surface area contributed by atoms with Crippen LogP contribution in [0.3, 0.4) is 0 Å². The molecule has 2 amide bonds. The minimum atomic E-state index is -1.28. The molecule has 0 aliphatic rings. The summed E-state index contributed by atoms with van der Waals surface area (Å²) in [5, 5.41) is 22.7. The van der Waals surface area contributed by atoms with Gasteiger partial charge >= 0.3 is 12.0 Å². The Bertz CT molecular complexity index is 239. The molecule has 0 unspecified atom stereocenters. The van der Waals surface area contributed by atoms with Crippen molar-refractivity contribution in [2.75, 3.05) is 0 Å². The fourth-order valence-electron chi connectivity index (χ4n) is 1.25. The lowest BCUT2D eigenvalue weighted by Crippen LogP contribution is -2.52. The maximum atomic E-state index is 11.4. The summed E-state index contributed by atoms with van der Waals surface area (Å²) in [5.74, 6) is -1.25. The maximum Gasteiger partial charge on any atom is 0.328 e. The van der Waals surface area contributed by atoms with Crippen LogP contribution in [-0.2, 0) is 4.79 Å². The fraction of sp³-hybridized carbons (Fsp3) is 0.800. The van der Waals surface area contributed by atoms with E-state index in [1.165, 1.54) is 6.92 Å². The monoisotopic (exact) mass is 232 g/mol. The van der Waals surface area contributed by atoms with Gasteiger partial charge in [-0.25, -0.2) is 9.59 Å². The molecule has 16 heavy (non-hydrogen) atoms. The number of aliphatic hydroxyl groups is 1. The summed E-state index contributed by atoms with van der Waals surface area (Å²) in [6.45, 7) is 5.17. The van der Waals surface area contributed by atoms with E-state index in [-0.39, 0.29) is 6.04 Å². The van der Waals surface area contributed by atoms with Crippen LogP contribution in [-0.4, -0.2) is 40.4 Å². The van der Waals surface area contributed by atoms with Gasteiger partial charge in [-0.05, 0) is 19.8 Å². The average Bonchev–Trinajstić information content (AvgIpc) is 2.21. The Kier molecular flexibility index (Phi) is 6.48. The second-order valence-electron chi connectivity index (χ2n) is 3.69. The zero-order chi connectivity index (χ0) is 12.7. The molecule has 0 fully saturated rings. The van der Waals surface area contributed by atoms with Crippen molar-refractivity contribution in [2.45, 2.75) is 51.8 Å². The number of carbonyl (C=O) groups is 2. The molecule has 6 nitrogen and oxygen atoms in total. The Hall–Kier alpha value is -1.30. The molecule has 0 saturated carbocycles. The number of urea groups is 1. The predicted molar refractivity (Wildman–Crippen MR) is 59.1 cm³/mol. The van der Waals surface area contributed by atoms with E-state index in [1.54, 1.807) is 0 Å². The second-order valence-corrected chi connectivity index (χ2v) is 3.69. The van der Waals surface area contributed by atoms with Gasteiger partial charge in [0.1, 0.15) is 0 Å². The number of carboxylic acids is 1. The van der Waals surface area contributed by atoms with Crippen molar-refractivity contribution in [3.8, 4) is 0 Å². The number of hydrogen-bond donors (Lipinski definition) is 4. The van der Waals surface area contributed by atoms with E-state index in [0.29, 0.717) is 0 Å². The summed E-state index contributed by atoms with van der Waals surface area (Å²) in [5.41, 5.74) is 0. The molecule has 0 rings (SSSR count). The Morgan fingerprint density at radius 1 is 1.19 bits per heavy atom. The van der Waals surface area contributed by atoms with Crippen LogP contribution in [0, 0.1) is 0 Å². The SMILES string of the molecule is CCC(CC)NC(=O)N[C@H](C(=O)O)[C@@H](C)O. The Morgan fingerprint density at radius 3 is 2.00 bits per heavy atom. The molecule has 0 aliphatic carbocycles. The van der Waals surface area contributed by atoms with Gasteiger partial charge in [0.25, 0.3) is 0 Å². The highest BCUT2D eigenvalue weighted by Gasteiger charge is 2.25. The van der Waals surface area contributed by atoms with E-state index in [9.17, 15) is 9.59 Å². The third-order valence-electron chi connectivity index (χ3n) is 2.36. The Morgan fingerprint density at radius 2 is 1.69 bits per heavy atom. The average molecular weight is 232 g/mol. The summed E-state index contributed by atoms with van der Waals surface area (Å²) >= 11 is 0. The normalized spacial score (nSPS) is 14.3. The van der Waals surface area contributed by atoms with Gasteiger partial charge in [0.15, 0.2) is 6.04 Å². The molecule has 0 heterocycles. The quantitative estimate of drug-likeness (QED) is 0.529. The number of hydrogen-bond acceptors (Lipinski definition) is 3. The molecule has 2 atom stereocenters. The van der Waals surface area contributed by atoms with E-state index in [2.05, 4.69) is 10.6 Å². The highest BCUT2D eigenvalue weighted by molar-refractivity contribution is 5.83. The van der Waals surface area contributed by atoms with E-state index in [1.807, 2.05) is 13.8 Å². The molecule has 6 heteroatoms. The molecule has 0 aromatic heterocycles. The molecule has 0 aromatic rings. The fourth-order valence-corrected chi connectivity index (χ4v) is 1.25. The number of nitrogens with one attached hydrogen (secondary N) is 2. The van der Waals surface area contributed by atoms with Crippen molar-refractivity contribution in [1.29, 1.82) is 0 Å². The molecule has 0 aromatic carbocycles. The van der Waals surface area contributed by atoms with Crippen LogP contribution < -0.4 is 10.6 Å². The van der Waals surface area contributed by atoms with Gasteiger partial charge in [-0.15, -0.1) is 0 Å². The van der Waals surface area contributed by atoms with Crippen molar-refractivity contribution in [2.24, 2.45) is 0 Å². The van der Waals surface area contributed by atoms with Crippen LogP contribution in [0.5, 0.6) is 0 Å². The largest absolute Gasteiger partial charge is 0.480 e. The second kappa shape index (κ2) is 7.05. The minimum absolute atomic E-state index is 0.0171. The first-order valence-electron chi connectivity index (χ1n) is 5.40. The van der Waals surface area contributed by atoms with Crippen LogP contribution in [0.2, 0.25) is 0 Å². The molecule has 0 radical (unpaired) electrons. The third kappa shape index (κ3) is 4.97. The summed E-state index contributed by atoms with van der Waals surface area (Å²) in [7, 11) is 0. The number of carbonyl (C=O) groups excluding carboxylic acids is 1. The maximum absolute atomic E-state index is 11.4. The highest BCUT2D eigenvalue weighted by Crippen LogP contribution is 1.97. The standard InChI is InChI=1S/C10H20N2O4/c1-4-7(5-2)11-10(16)12-8(6(3)13)9(14)15/h6-8,13H,4-5H2,1-3H3,(H,14,15)(H2,11,12,16)/t6-,8+/m1/s1. The number of carboxylic acid groups (broad SMARTS) is 1. The van der Waals surface area contributed by atoms with E-state index < -0.39 is 24.1 Å². The Balaban J connectivity index is 4.25. The van der Waals surface area contributed by atoms with Crippen LogP contribution in [0.15, 0.2) is 0 Å². The van der Waals surface area contributed by atoms with Crippen molar-refractivity contribution < 1.29 is 19.8 Å². The molecule has 94 valence electrons. The van der Waals surface area contributed by atoms with Gasteiger partial charge < -0.3 is 20.8 Å². The van der Waals surface area contributed by atoms with Crippen LogP contribution in [0.25, 0.3) is 0 Å². The van der Waals surface area contributed by atoms with Crippen LogP contribution in [0.1, 0.15) is 33.6 Å². The summed E-state index contributed by atoms with van der Waals surface area (Å²) in [4.78, 5) is 22.1. The summed E-state index contributed by atoms with van der Waals surface area (Å²) in [6, 6.07) is -1.83. The van der Waals surface area contributed by atoms with Crippen LogP contribution >= 0.6 is 0 Å². The minimum Gasteiger partial charge on any atom is -0.480 e. The van der Waals surface area contributed by atoms with Gasteiger partial charge in [-0.2, -0.15) is 0 Å². The smallest absolute Gasteiger partial charge is 0.328 e. The first-order valence-corrected chi connectivity index (χ1v) is 5.40. The van der Waals surface area contributed by atoms with Gasteiger partial charge in [0.2, 0.25) is 0 Å². The first kappa shape index (κ1) is 14.7. The number of aliphatic carboxylic acids is 1. The predicted octanol–water partition coefficient (Wildman–Crippen LogP) is 0.308. The van der Waals surface area contributed by atoms with Gasteiger partial charge in [0.05, 0.1) is 6.10 Å². The highest BCUT2D eigenvalue weighted by atomic mass is 16.4. The topological polar surface area (TPSA) is 98.7 Å². The van der Waals surface area contributed by atoms with Gasteiger partial charge in [-0.1, -0.05) is 13.8 Å². The van der Waals surface area contributed by atoms with Crippen molar-refractivity contribution in [3.63, 3.8) is 0 Å². The molecule has 0 saturated heterocycles. The number of rotatable bonds is 6. The lowest BCUT2D eigenvalue weighted by Gasteiger charge is -2.20. The zero-order valence-electron chi connectivity index (χ0n) is 9.86. The van der Waals surface area contributed by atoms with Crippen molar-refractivity contribution in [1.82, 2.24) is 10.6 Å². The summed E-state index contributed by atoms with van der Waals surface area (Å²) < 4.78 is 0. The van der Waals surface area contributed by atoms with Gasteiger partial charge in [0, 0.05) is 6.04 Å². The number of aliphatic hydroxyl groups excluding tert-OH is 1. The van der Waals surface area contributed by atoms with Crippen molar-refractivity contribution >= 4 is 12.0 Å². The third-order valence-corrected chi connectivity index (χ3v) is 2.36. The molecular weight excluding hydrogens is 212 g/mol. The molecular formula is C10H20N2O4. The Labute approximate surface area is 95.0 Å². The van der Waals surface area contributed by atoms with Gasteiger partial charge in [-0.3, -0.25) is 0 Å². The van der Waals surface area contributed by atoms with E-state index >= 15 is 0 Å². The zero-order valence-corrected chi connectivity index (χ0v) is 9.86. The lowest BCUT2D eigenvalue weighted by atomic mass is 10.1. The first-order chi connectivity index (χ1) is 7.42. The molecule has 0 spiro atoms. The molecule has 0 aliphatic heterocycles. The molecule has 0 bridgehead atoms. The van der Waals surface area contributed by atoms with Crippen LogP contribution in [0.4, 0.5) is 4.79 Å². The van der Waals surface area contributed by atoms with E-state index in [4.69, 9.17) is 10.2 Å². The lowest BCUT2D eigenvalue weighted by molar-refractivity contribution is -0.141. The summed E-state index contributed by atoms with van der Waals surface area (Å²) in [6.07, 6.45) is 0.414. The number of amides is 2. The molecule has 4 N–H and O–H groups in total. The van der Waals surface area contributed by atoms with Crippen molar-refractivity contribution in [3.05, 3.63) is 0 Å². The van der Waals surface area contributed by atoms with E-state index in [0.717, 1.165) is 12.8 Å².